The van der Waals surface area contributed by atoms with Crippen molar-refractivity contribution < 1.29 is 47.7 Å². The van der Waals surface area contributed by atoms with Gasteiger partial charge < -0.3 is 29.0 Å². The Hall–Kier alpha value is -4.48. The molecule has 2 heterocycles. The molecule has 0 aliphatic carbocycles. The summed E-state index contributed by atoms with van der Waals surface area (Å²) in [5.41, 5.74) is 0.462. The number of aromatic nitrogens is 1. The van der Waals surface area contributed by atoms with Crippen molar-refractivity contribution in [3.05, 3.63) is 53.9 Å². The van der Waals surface area contributed by atoms with Gasteiger partial charge in [-0.15, -0.1) is 0 Å². The van der Waals surface area contributed by atoms with Gasteiger partial charge in [0.1, 0.15) is 18.6 Å². The number of cyclic esters (lactones) is 2. The number of pyridine rings is 1. The molecule has 1 aliphatic rings. The van der Waals surface area contributed by atoms with Crippen LogP contribution >= 0.6 is 0 Å². The summed E-state index contributed by atoms with van der Waals surface area (Å²) in [6.07, 6.45) is 0.245. The van der Waals surface area contributed by atoms with Gasteiger partial charge in [0.2, 0.25) is 5.75 Å². The number of esters is 4. The predicted molar refractivity (Wildman–Crippen MR) is 157 cm³/mol. The van der Waals surface area contributed by atoms with Crippen LogP contribution in [0.3, 0.4) is 0 Å². The predicted octanol–water partition coefficient (Wildman–Crippen LogP) is 3.45. The number of hydrogen-bond donors (Lipinski definition) is 1. The van der Waals surface area contributed by atoms with Crippen LogP contribution in [0.1, 0.15) is 63.5 Å². The molecular formula is C32H40N2O10. The molecule has 4 unspecified atom stereocenters. The second-order valence-electron chi connectivity index (χ2n) is 10.8. The van der Waals surface area contributed by atoms with Gasteiger partial charge >= 0.3 is 23.9 Å². The van der Waals surface area contributed by atoms with Crippen LogP contribution in [0, 0.1) is 17.8 Å². The lowest BCUT2D eigenvalue weighted by atomic mass is 9.91. The van der Waals surface area contributed by atoms with E-state index in [1.807, 2.05) is 44.2 Å². The lowest BCUT2D eigenvalue weighted by molar-refractivity contribution is -0.176. The Kier molecular flexibility index (Phi) is 12.2. The van der Waals surface area contributed by atoms with Gasteiger partial charge in [-0.2, -0.15) is 0 Å². The zero-order chi connectivity index (χ0) is 32.4. The molecule has 0 saturated carbocycles. The minimum atomic E-state index is -1.46. The Morgan fingerprint density at radius 1 is 1.02 bits per heavy atom. The van der Waals surface area contributed by atoms with E-state index >= 15 is 0 Å². The minimum Gasteiger partial charge on any atom is -0.493 e. The van der Waals surface area contributed by atoms with Gasteiger partial charge in [0.25, 0.3) is 5.91 Å². The van der Waals surface area contributed by atoms with Crippen molar-refractivity contribution in [2.45, 2.75) is 72.1 Å². The molecule has 1 fully saturated rings. The van der Waals surface area contributed by atoms with E-state index in [1.165, 1.54) is 26.3 Å². The van der Waals surface area contributed by atoms with Gasteiger partial charge in [-0.25, -0.2) is 9.78 Å². The highest BCUT2D eigenvalue weighted by atomic mass is 16.6. The summed E-state index contributed by atoms with van der Waals surface area (Å²) in [4.78, 5) is 69.6. The van der Waals surface area contributed by atoms with Crippen LogP contribution in [-0.2, 0) is 39.8 Å². The largest absolute Gasteiger partial charge is 0.493 e. The Morgan fingerprint density at radius 3 is 2.32 bits per heavy atom. The van der Waals surface area contributed by atoms with Gasteiger partial charge in [-0.1, -0.05) is 58.0 Å². The number of nitrogens with one attached hydrogen (secondary N) is 1. The third kappa shape index (κ3) is 8.55. The lowest BCUT2D eigenvalue weighted by Gasteiger charge is -2.29. The standard InChI is InChI=1S/C32H40N2O10/c1-7-21(8-2)30(37)44-27-24(40-6)14-15-33-25(27)28(35)34-23-17-41-31(38)22(16-20-12-10-9-11-13-20)26(19(5)42-32(23)39)43-29(36)18(3)4/h9-15,18-19,21-23,26H,7-8,16-17H2,1-6H3,(H,34,35). The zero-order valence-electron chi connectivity index (χ0n) is 25.9. The maximum absolute atomic E-state index is 13.4. The van der Waals surface area contributed by atoms with Gasteiger partial charge in [-0.3, -0.25) is 19.2 Å². The number of ether oxygens (including phenoxy) is 5. The van der Waals surface area contributed by atoms with Gasteiger partial charge in [0.15, 0.2) is 23.6 Å². The van der Waals surface area contributed by atoms with E-state index in [0.717, 1.165) is 5.56 Å². The summed E-state index contributed by atoms with van der Waals surface area (Å²) in [7, 11) is 1.34. The Morgan fingerprint density at radius 2 is 1.70 bits per heavy atom. The second-order valence-corrected chi connectivity index (χ2v) is 10.8. The van der Waals surface area contributed by atoms with Crippen LogP contribution in [-0.4, -0.2) is 66.7 Å². The molecular weight excluding hydrogens is 572 g/mol. The number of carbonyl (C=O) groups is 5. The van der Waals surface area contributed by atoms with Gasteiger partial charge in [0.05, 0.1) is 18.9 Å². The Labute approximate surface area is 256 Å². The third-order valence-corrected chi connectivity index (χ3v) is 7.29. The van der Waals surface area contributed by atoms with Crippen LogP contribution in [0.25, 0.3) is 0 Å². The molecule has 1 amide bonds. The van der Waals surface area contributed by atoms with E-state index in [4.69, 9.17) is 23.7 Å². The molecule has 238 valence electrons. The molecule has 2 aromatic rings. The van der Waals surface area contributed by atoms with Crippen molar-refractivity contribution in [1.82, 2.24) is 10.3 Å². The monoisotopic (exact) mass is 612 g/mol. The number of nitrogens with zero attached hydrogens (tertiary/aromatic N) is 1. The zero-order valence-corrected chi connectivity index (χ0v) is 25.9. The summed E-state index contributed by atoms with van der Waals surface area (Å²) in [6, 6.07) is 9.04. The van der Waals surface area contributed by atoms with Crippen LogP contribution < -0.4 is 14.8 Å². The van der Waals surface area contributed by atoms with E-state index in [0.29, 0.717) is 12.8 Å². The second kappa shape index (κ2) is 15.8. The molecule has 12 nitrogen and oxygen atoms in total. The van der Waals surface area contributed by atoms with E-state index in [-0.39, 0.29) is 23.6 Å². The fraction of sp³-hybridized carbons (Fsp3) is 0.500. The third-order valence-electron chi connectivity index (χ3n) is 7.29. The Balaban J connectivity index is 1.90. The molecule has 12 heteroatoms. The summed E-state index contributed by atoms with van der Waals surface area (Å²) in [5, 5.41) is 2.47. The minimum absolute atomic E-state index is 0.0834. The fourth-order valence-electron chi connectivity index (χ4n) is 4.63. The quantitative estimate of drug-likeness (QED) is 0.293. The molecule has 1 saturated heterocycles. The molecule has 0 bridgehead atoms. The topological polar surface area (TPSA) is 156 Å². The smallest absolute Gasteiger partial charge is 0.332 e. The summed E-state index contributed by atoms with van der Waals surface area (Å²) in [6.45, 7) is 7.91. The molecule has 1 aromatic heterocycles. The first kappa shape index (κ1) is 34.0. The SMILES string of the molecule is CCC(CC)C(=O)Oc1c(OC)ccnc1C(=O)NC1COC(=O)C(Cc2ccccc2)C(OC(=O)C(C)C)C(C)OC1=O. The molecule has 44 heavy (non-hydrogen) atoms. The van der Waals surface area contributed by atoms with Crippen molar-refractivity contribution in [3.8, 4) is 11.5 Å². The van der Waals surface area contributed by atoms with E-state index in [2.05, 4.69) is 10.3 Å². The van der Waals surface area contributed by atoms with Gasteiger partial charge in [-0.05, 0) is 31.7 Å². The number of benzene rings is 1. The van der Waals surface area contributed by atoms with E-state index in [1.54, 1.807) is 13.8 Å². The highest BCUT2D eigenvalue weighted by Crippen LogP contribution is 2.31. The van der Waals surface area contributed by atoms with Gasteiger partial charge in [0, 0.05) is 12.3 Å². The molecule has 1 N–H and O–H groups in total. The Bertz CT molecular complexity index is 1330. The first-order chi connectivity index (χ1) is 21.0. The van der Waals surface area contributed by atoms with E-state index in [9.17, 15) is 24.0 Å². The lowest BCUT2D eigenvalue weighted by Crippen LogP contribution is -2.47. The van der Waals surface area contributed by atoms with Crippen LogP contribution in [0.15, 0.2) is 42.6 Å². The summed E-state index contributed by atoms with van der Waals surface area (Å²) < 4.78 is 27.7. The molecule has 0 spiro atoms. The average Bonchev–Trinajstić information content (AvgIpc) is 3.04. The number of hydrogen-bond acceptors (Lipinski definition) is 11. The number of amides is 1. The fourth-order valence-corrected chi connectivity index (χ4v) is 4.63. The van der Waals surface area contributed by atoms with Crippen molar-refractivity contribution in [2.75, 3.05) is 13.7 Å². The molecule has 1 aromatic carbocycles. The summed E-state index contributed by atoms with van der Waals surface area (Å²) in [5.74, 6) is -5.76. The highest BCUT2D eigenvalue weighted by Gasteiger charge is 2.42. The van der Waals surface area contributed by atoms with Crippen molar-refractivity contribution >= 4 is 29.8 Å². The normalized spacial score (nSPS) is 20.5. The highest BCUT2D eigenvalue weighted by molar-refractivity contribution is 5.99. The first-order valence-electron chi connectivity index (χ1n) is 14.7. The van der Waals surface area contributed by atoms with E-state index < -0.39 is 72.4 Å². The number of rotatable bonds is 11. The summed E-state index contributed by atoms with van der Waals surface area (Å²) >= 11 is 0. The molecule has 1 aliphatic heterocycles. The van der Waals surface area contributed by atoms with Crippen LogP contribution in [0.4, 0.5) is 0 Å². The van der Waals surface area contributed by atoms with Crippen molar-refractivity contribution in [2.24, 2.45) is 17.8 Å². The van der Waals surface area contributed by atoms with Crippen molar-refractivity contribution in [3.63, 3.8) is 0 Å². The number of carbonyl (C=O) groups excluding carboxylic acids is 5. The maximum atomic E-state index is 13.4. The molecule has 0 radical (unpaired) electrons. The first-order valence-corrected chi connectivity index (χ1v) is 14.7. The van der Waals surface area contributed by atoms with Crippen LogP contribution in [0.2, 0.25) is 0 Å². The molecule has 4 atom stereocenters. The maximum Gasteiger partial charge on any atom is 0.332 e. The van der Waals surface area contributed by atoms with Crippen LogP contribution in [0.5, 0.6) is 11.5 Å². The average molecular weight is 613 g/mol. The van der Waals surface area contributed by atoms with Crippen molar-refractivity contribution in [1.29, 1.82) is 0 Å². The number of methoxy groups -OCH3 is 1. The molecule has 3 rings (SSSR count).